The van der Waals surface area contributed by atoms with Gasteiger partial charge in [0.2, 0.25) is 0 Å². The number of carboxylic acids is 1. The molecule has 1 heterocycles. The van der Waals surface area contributed by atoms with Crippen LogP contribution in [0.25, 0.3) is 0 Å². The maximum atomic E-state index is 12.8. The molecule has 1 unspecified atom stereocenters. The number of benzene rings is 1. The van der Waals surface area contributed by atoms with Gasteiger partial charge in [-0.15, -0.1) is 11.8 Å². The number of carbonyl (C=O) groups is 2. The summed E-state index contributed by atoms with van der Waals surface area (Å²) in [6, 6.07) is 4.37. The highest BCUT2D eigenvalue weighted by molar-refractivity contribution is 8.01. The van der Waals surface area contributed by atoms with Crippen molar-refractivity contribution in [3.63, 3.8) is 0 Å². The molecule has 2 rings (SSSR count). The van der Waals surface area contributed by atoms with Crippen LogP contribution in [0.5, 0.6) is 0 Å². The van der Waals surface area contributed by atoms with Crippen LogP contribution in [0.2, 0.25) is 0 Å². The van der Waals surface area contributed by atoms with Crippen LogP contribution in [0.15, 0.2) is 29.3 Å². The molecule has 0 aliphatic carbocycles. The number of aliphatic carboxylic acids is 1. The number of halogens is 3. The zero-order valence-corrected chi connectivity index (χ0v) is 11.2. The molecule has 1 atom stereocenters. The van der Waals surface area contributed by atoms with E-state index >= 15 is 0 Å². The Kier molecular flexibility index (Phi) is 4.21. The average Bonchev–Trinajstić information content (AvgIpc) is 2.86. The molecule has 1 aromatic carbocycles. The number of amides is 1. The fraction of sp³-hybridized carbons (Fsp3) is 0.250. The van der Waals surface area contributed by atoms with Crippen LogP contribution in [0, 0.1) is 0 Å². The third-order valence-electron chi connectivity index (χ3n) is 2.63. The zero-order valence-electron chi connectivity index (χ0n) is 10.3. The second-order valence-electron chi connectivity index (χ2n) is 4.06. The number of carbonyl (C=O) groups excluding carboxylic acids is 1. The van der Waals surface area contributed by atoms with Crippen LogP contribution in [-0.4, -0.2) is 33.9 Å². The van der Waals surface area contributed by atoms with Crippen LogP contribution in [-0.2, 0) is 11.0 Å². The van der Waals surface area contributed by atoms with Gasteiger partial charge < -0.3 is 10.4 Å². The van der Waals surface area contributed by atoms with Gasteiger partial charge in [0, 0.05) is 5.75 Å². The van der Waals surface area contributed by atoms with E-state index in [1.54, 1.807) is 0 Å². The Balaban J connectivity index is 2.17. The molecule has 0 fully saturated rings. The standard InChI is InChI=1S/C12H9F3N2O3S/c13-12(14,15)7-4-2-1-3-6(7)9(18)17-11-16-8(5-21-11)10(19)20/h1-4,11H,5H2,(H,17,18)(H,19,20). The Bertz CT molecular complexity index is 616. The van der Waals surface area contributed by atoms with Crippen LogP contribution in [0.1, 0.15) is 15.9 Å². The quantitative estimate of drug-likeness (QED) is 0.893. The van der Waals surface area contributed by atoms with Gasteiger partial charge in [-0.25, -0.2) is 9.79 Å². The van der Waals surface area contributed by atoms with E-state index in [4.69, 9.17) is 5.11 Å². The lowest BCUT2D eigenvalue weighted by molar-refractivity contribution is -0.138. The second kappa shape index (κ2) is 5.76. The van der Waals surface area contributed by atoms with Crippen molar-refractivity contribution >= 4 is 29.4 Å². The lowest BCUT2D eigenvalue weighted by Gasteiger charge is -2.14. The summed E-state index contributed by atoms with van der Waals surface area (Å²) >= 11 is 1.02. The largest absolute Gasteiger partial charge is 0.477 e. The molecular weight excluding hydrogens is 309 g/mol. The van der Waals surface area contributed by atoms with Crippen LogP contribution in [0.4, 0.5) is 13.2 Å². The van der Waals surface area contributed by atoms with Crippen molar-refractivity contribution in [2.75, 3.05) is 5.75 Å². The molecule has 0 aromatic heterocycles. The van der Waals surface area contributed by atoms with Crippen LogP contribution in [0.3, 0.4) is 0 Å². The van der Waals surface area contributed by atoms with E-state index < -0.39 is 34.7 Å². The molecule has 112 valence electrons. The molecule has 1 aliphatic heterocycles. The summed E-state index contributed by atoms with van der Waals surface area (Å²) in [7, 11) is 0. The van der Waals surface area contributed by atoms with E-state index in [0.29, 0.717) is 0 Å². The number of alkyl halides is 3. The molecule has 1 amide bonds. The number of hydrogen-bond donors (Lipinski definition) is 2. The summed E-state index contributed by atoms with van der Waals surface area (Å²) < 4.78 is 38.4. The highest BCUT2D eigenvalue weighted by Gasteiger charge is 2.35. The van der Waals surface area contributed by atoms with Gasteiger partial charge >= 0.3 is 12.1 Å². The molecule has 1 aliphatic rings. The van der Waals surface area contributed by atoms with Crippen molar-refractivity contribution in [3.05, 3.63) is 35.4 Å². The van der Waals surface area contributed by atoms with Gasteiger partial charge in [-0.2, -0.15) is 13.2 Å². The van der Waals surface area contributed by atoms with Crippen molar-refractivity contribution in [2.24, 2.45) is 4.99 Å². The molecule has 0 saturated heterocycles. The Morgan fingerprint density at radius 1 is 1.33 bits per heavy atom. The van der Waals surface area contributed by atoms with Crippen molar-refractivity contribution < 1.29 is 27.9 Å². The molecule has 21 heavy (non-hydrogen) atoms. The first-order valence-corrected chi connectivity index (χ1v) is 6.72. The second-order valence-corrected chi connectivity index (χ2v) is 5.13. The summed E-state index contributed by atoms with van der Waals surface area (Å²) in [5.74, 6) is -2.08. The number of carboxylic acid groups (broad SMARTS) is 1. The van der Waals surface area contributed by atoms with Crippen molar-refractivity contribution in [1.29, 1.82) is 0 Å². The first-order valence-electron chi connectivity index (χ1n) is 5.67. The van der Waals surface area contributed by atoms with Crippen molar-refractivity contribution in [1.82, 2.24) is 5.32 Å². The lowest BCUT2D eigenvalue weighted by Crippen LogP contribution is -2.31. The number of hydrogen-bond acceptors (Lipinski definition) is 4. The molecule has 9 heteroatoms. The monoisotopic (exact) mass is 318 g/mol. The Morgan fingerprint density at radius 2 is 2.00 bits per heavy atom. The number of thioether (sulfide) groups is 1. The predicted octanol–water partition coefficient (Wildman–Crippen LogP) is 1.99. The first-order chi connectivity index (χ1) is 9.79. The first kappa shape index (κ1) is 15.4. The Morgan fingerprint density at radius 3 is 2.57 bits per heavy atom. The van der Waals surface area contributed by atoms with E-state index in [-0.39, 0.29) is 11.5 Å². The highest BCUT2D eigenvalue weighted by atomic mass is 32.2. The van der Waals surface area contributed by atoms with E-state index in [1.165, 1.54) is 12.1 Å². The van der Waals surface area contributed by atoms with Crippen molar-refractivity contribution in [3.8, 4) is 0 Å². The van der Waals surface area contributed by atoms with Gasteiger partial charge in [-0.1, -0.05) is 12.1 Å². The maximum Gasteiger partial charge on any atom is 0.417 e. The molecule has 0 saturated carbocycles. The van der Waals surface area contributed by atoms with E-state index in [9.17, 15) is 22.8 Å². The maximum absolute atomic E-state index is 12.8. The molecule has 2 N–H and O–H groups in total. The Labute approximate surface area is 121 Å². The molecule has 1 aromatic rings. The lowest BCUT2D eigenvalue weighted by atomic mass is 10.1. The summed E-state index contributed by atoms with van der Waals surface area (Å²) in [5.41, 5.74) is -2.60. The topological polar surface area (TPSA) is 78.8 Å². The third-order valence-corrected chi connectivity index (χ3v) is 3.61. The summed E-state index contributed by atoms with van der Waals surface area (Å²) in [5, 5.41) is 11.0. The predicted molar refractivity (Wildman–Crippen MR) is 70.2 cm³/mol. The fourth-order valence-corrected chi connectivity index (χ4v) is 2.59. The fourth-order valence-electron chi connectivity index (χ4n) is 1.68. The van der Waals surface area contributed by atoms with E-state index in [1.807, 2.05) is 0 Å². The average molecular weight is 318 g/mol. The molecular formula is C12H9F3N2O3S. The minimum absolute atomic E-state index is 0.0845. The SMILES string of the molecule is O=C(O)C1=NC(NC(=O)c2ccccc2C(F)(F)F)SC1. The van der Waals surface area contributed by atoms with E-state index in [2.05, 4.69) is 10.3 Å². The van der Waals surface area contributed by atoms with Gasteiger partial charge in [-0.05, 0) is 12.1 Å². The van der Waals surface area contributed by atoms with Crippen LogP contribution < -0.4 is 5.32 Å². The number of aliphatic imine (C=N–C) groups is 1. The molecule has 0 spiro atoms. The Hall–Kier alpha value is -2.03. The number of rotatable bonds is 3. The number of nitrogens with one attached hydrogen (secondary N) is 1. The van der Waals surface area contributed by atoms with Crippen molar-refractivity contribution in [2.45, 2.75) is 11.7 Å². The van der Waals surface area contributed by atoms with Gasteiger partial charge in [0.25, 0.3) is 5.91 Å². The molecule has 5 nitrogen and oxygen atoms in total. The minimum atomic E-state index is -4.65. The van der Waals surface area contributed by atoms with Gasteiger partial charge in [-0.3, -0.25) is 4.79 Å². The highest BCUT2D eigenvalue weighted by Crippen LogP contribution is 2.32. The van der Waals surface area contributed by atoms with Gasteiger partial charge in [0.1, 0.15) is 5.71 Å². The molecule has 0 radical (unpaired) electrons. The van der Waals surface area contributed by atoms with Crippen LogP contribution >= 0.6 is 11.8 Å². The minimum Gasteiger partial charge on any atom is -0.477 e. The molecule has 0 bridgehead atoms. The smallest absolute Gasteiger partial charge is 0.417 e. The normalized spacial score (nSPS) is 18.2. The third kappa shape index (κ3) is 3.54. The number of nitrogens with zero attached hydrogens (tertiary/aromatic N) is 1. The van der Waals surface area contributed by atoms with E-state index in [0.717, 1.165) is 23.9 Å². The summed E-state index contributed by atoms with van der Waals surface area (Å²) in [4.78, 5) is 26.3. The van der Waals surface area contributed by atoms with Gasteiger partial charge in [0.15, 0.2) is 5.50 Å². The zero-order chi connectivity index (χ0) is 15.6. The summed E-state index contributed by atoms with van der Waals surface area (Å²) in [6.07, 6.45) is -4.65. The van der Waals surface area contributed by atoms with Gasteiger partial charge in [0.05, 0.1) is 11.1 Å². The summed E-state index contributed by atoms with van der Waals surface area (Å²) in [6.45, 7) is 0.